The van der Waals surface area contributed by atoms with Gasteiger partial charge in [-0.2, -0.15) is 0 Å². The first kappa shape index (κ1) is 59.5. The van der Waals surface area contributed by atoms with Gasteiger partial charge >= 0.3 is 19.5 Å². The molecule has 0 saturated carbocycles. The van der Waals surface area contributed by atoms with Crippen molar-refractivity contribution >= 4 is 66.9 Å². The van der Waals surface area contributed by atoms with Crippen molar-refractivity contribution in [3.05, 3.63) is 170 Å². The fourth-order valence-corrected chi connectivity index (χ4v) is 11.7. The molecule has 11 aromatic rings. The molecule has 0 radical (unpaired) electrons. The molecule has 3 aromatic heterocycles. The average Bonchev–Trinajstić information content (AvgIpc) is 1.83. The SMILES string of the molecule is CCN(CC)c1cccc(Oc2cc3c(cc2Oc2cccc(N(CC)CC)c2)-c2nc-3nc3[n-]c(nc4nc(nc5[n-]c(n2)c2cc(Oc6cccc(N(CC)CC)c6)c(Oc6cccc(N(CC)CC)c6)cc52)-c2ccccc2-4)c2ccccc32)c1.[Zn+2]. The number of aromatic nitrogens is 8. The van der Waals surface area contributed by atoms with Gasteiger partial charge in [0, 0.05) is 144 Å². The first-order chi connectivity index (χ1) is 43.2. The zero-order valence-corrected chi connectivity index (χ0v) is 54.5. The fraction of sp³-hybridized carbons (Fsp3) is 0.222. The summed E-state index contributed by atoms with van der Waals surface area (Å²) in [5.41, 5.74) is 8.57. The summed E-state index contributed by atoms with van der Waals surface area (Å²) in [6.07, 6.45) is 0. The van der Waals surface area contributed by atoms with Gasteiger partial charge in [0.25, 0.3) is 0 Å². The van der Waals surface area contributed by atoms with Crippen LogP contribution in [0, 0.1) is 0 Å². The maximum Gasteiger partial charge on any atom is 2.00 e. The van der Waals surface area contributed by atoms with Crippen LogP contribution < -0.4 is 48.5 Å². The Kier molecular flexibility index (Phi) is 17.3. The second-order valence-electron chi connectivity index (χ2n) is 21.4. The Labute approximate surface area is 531 Å². The number of benzene rings is 8. The second kappa shape index (κ2) is 25.8. The van der Waals surface area contributed by atoms with Crippen molar-refractivity contribution in [3.63, 3.8) is 0 Å². The van der Waals surface area contributed by atoms with Gasteiger partial charge in [-0.25, -0.2) is 9.97 Å². The standard InChI is InChI=1S/C72H68N12O4.Zn/c1-9-81(10-2)45-25-21-29-49(37-45)85-61-41-57-59(43-63(61)87-51-31-23-27-47(39-51)83(13-5)14-6)71-78-69(57)76-67-55-35-19-17-33-53(55)65(74-67)73-66-54-34-18-20-36-56(54)68(75-66)77-70-58-42-62(86-50-30-22-26-46(38-50)82(11-3)12-4)64(44-60(58)72(79-70)80-71)88-52-32-24-28-48(40-52)84(15-7)16-8;/h17-44H,9-16H2,1-8H3;/q-2;+2. The van der Waals surface area contributed by atoms with E-state index in [1.54, 1.807) is 0 Å². The summed E-state index contributed by atoms with van der Waals surface area (Å²) in [7, 11) is 0. The van der Waals surface area contributed by atoms with Gasteiger partial charge < -0.3 is 68.5 Å². The van der Waals surface area contributed by atoms with E-state index in [-0.39, 0.29) is 19.5 Å². The van der Waals surface area contributed by atoms with Crippen LogP contribution in [-0.4, -0.2) is 82.3 Å². The molecule has 2 aliphatic rings. The predicted octanol–water partition coefficient (Wildman–Crippen LogP) is 16.7. The Hall–Kier alpha value is -9.86. The Morgan fingerprint density at radius 2 is 0.551 bits per heavy atom. The quantitative estimate of drug-likeness (QED) is 0.0664. The Morgan fingerprint density at radius 1 is 0.281 bits per heavy atom. The van der Waals surface area contributed by atoms with E-state index >= 15 is 0 Å². The van der Waals surface area contributed by atoms with Crippen molar-refractivity contribution in [2.75, 3.05) is 72.0 Å². The first-order valence-electron chi connectivity index (χ1n) is 30.5. The zero-order chi connectivity index (χ0) is 60.4. The van der Waals surface area contributed by atoms with Crippen molar-refractivity contribution in [1.82, 2.24) is 39.9 Å². The summed E-state index contributed by atoms with van der Waals surface area (Å²) in [6.45, 7) is 23.9. The number of anilines is 4. The number of hydrogen-bond donors (Lipinski definition) is 0. The first-order valence-corrected chi connectivity index (χ1v) is 30.5. The van der Waals surface area contributed by atoms with Crippen LogP contribution in [0.2, 0.25) is 0 Å². The van der Waals surface area contributed by atoms with Crippen molar-refractivity contribution in [3.8, 4) is 91.5 Å². The monoisotopic (exact) mass is 1230 g/mol. The van der Waals surface area contributed by atoms with Crippen molar-refractivity contribution < 1.29 is 38.4 Å². The van der Waals surface area contributed by atoms with Crippen molar-refractivity contribution in [2.45, 2.75) is 55.4 Å². The second-order valence-corrected chi connectivity index (χ2v) is 21.4. The molecule has 13 rings (SSSR count). The van der Waals surface area contributed by atoms with Crippen LogP contribution in [0.25, 0.3) is 89.7 Å². The number of rotatable bonds is 20. The zero-order valence-electron chi connectivity index (χ0n) is 51.5. The van der Waals surface area contributed by atoms with Gasteiger partial charge in [-0.1, -0.05) is 72.8 Å². The van der Waals surface area contributed by atoms with E-state index in [1.165, 1.54) is 0 Å². The summed E-state index contributed by atoms with van der Waals surface area (Å²) in [5, 5.41) is 2.86. The number of nitrogens with zero attached hydrogens (tertiary/aromatic N) is 12. The van der Waals surface area contributed by atoms with Gasteiger partial charge in [-0.05, 0) is 150 Å². The maximum atomic E-state index is 7.00. The summed E-state index contributed by atoms with van der Waals surface area (Å²) in [5.74, 6) is 5.84. The molecule has 0 amide bonds. The summed E-state index contributed by atoms with van der Waals surface area (Å²) >= 11 is 0. The molecule has 0 N–H and O–H groups in total. The molecular weight excluding hydrogens is 1160 g/mol. The number of fused-ring (bicyclic) bond motifs is 20. The van der Waals surface area contributed by atoms with Crippen LogP contribution in [0.3, 0.4) is 0 Å². The minimum Gasteiger partial charge on any atom is -0.453 e. The molecule has 0 atom stereocenters. The smallest absolute Gasteiger partial charge is 0.453 e. The van der Waals surface area contributed by atoms with Crippen LogP contribution in [0.15, 0.2) is 170 Å². The van der Waals surface area contributed by atoms with Crippen LogP contribution >= 0.6 is 0 Å². The molecule has 89 heavy (non-hydrogen) atoms. The molecule has 0 unspecified atom stereocenters. The van der Waals surface area contributed by atoms with Gasteiger partial charge in [-0.15, -0.1) is 0 Å². The summed E-state index contributed by atoms with van der Waals surface area (Å²) in [4.78, 5) is 51.5. The van der Waals surface area contributed by atoms with Crippen LogP contribution in [0.5, 0.6) is 46.0 Å². The minimum atomic E-state index is 0. The molecule has 0 aliphatic carbocycles. The molecule has 8 bridgehead atoms. The average molecular weight is 1230 g/mol. The Morgan fingerprint density at radius 3 is 0.854 bits per heavy atom. The predicted molar refractivity (Wildman–Crippen MR) is 354 cm³/mol. The van der Waals surface area contributed by atoms with Crippen molar-refractivity contribution in [2.24, 2.45) is 0 Å². The van der Waals surface area contributed by atoms with E-state index < -0.39 is 0 Å². The van der Waals surface area contributed by atoms with Gasteiger partial charge in [0.05, 0.1) is 23.3 Å². The molecule has 0 fully saturated rings. The molecule has 16 nitrogen and oxygen atoms in total. The van der Waals surface area contributed by atoms with Crippen LogP contribution in [-0.2, 0) is 19.5 Å². The van der Waals surface area contributed by atoms with Gasteiger partial charge in [-0.3, -0.25) is 0 Å². The molecule has 5 heterocycles. The molecule has 2 aliphatic heterocycles. The molecule has 8 aromatic carbocycles. The number of ether oxygens (including phenoxy) is 4. The van der Waals surface area contributed by atoms with E-state index in [0.717, 1.165) is 97.0 Å². The fourth-order valence-electron chi connectivity index (χ4n) is 11.7. The van der Waals surface area contributed by atoms with Crippen LogP contribution in [0.1, 0.15) is 55.4 Å². The van der Waals surface area contributed by atoms with E-state index in [0.29, 0.717) is 114 Å². The third-order valence-corrected chi connectivity index (χ3v) is 16.3. The Balaban J connectivity index is 0.00000769. The third kappa shape index (κ3) is 11.8. The van der Waals surface area contributed by atoms with Gasteiger partial charge in [0.15, 0.2) is 23.0 Å². The molecular formula is C72H68N12O4Zn. The molecule has 442 valence electrons. The number of hydrogen-bond acceptors (Lipinski definition) is 14. The van der Waals surface area contributed by atoms with E-state index in [1.807, 2.05) is 121 Å². The molecule has 17 heteroatoms. The topological polar surface area (TPSA) is 155 Å². The minimum absolute atomic E-state index is 0. The maximum absolute atomic E-state index is 7.00. The van der Waals surface area contributed by atoms with Crippen molar-refractivity contribution in [1.29, 1.82) is 0 Å². The summed E-state index contributed by atoms with van der Waals surface area (Å²) < 4.78 is 28.0. The summed E-state index contributed by atoms with van der Waals surface area (Å²) in [6, 6.07) is 56.1. The van der Waals surface area contributed by atoms with E-state index in [9.17, 15) is 0 Å². The van der Waals surface area contributed by atoms with E-state index in [4.69, 9.17) is 58.8 Å². The molecule has 0 saturated heterocycles. The van der Waals surface area contributed by atoms with E-state index in [2.05, 4.69) is 124 Å². The van der Waals surface area contributed by atoms with Gasteiger partial charge in [0.2, 0.25) is 0 Å². The van der Waals surface area contributed by atoms with Gasteiger partial charge in [0.1, 0.15) is 23.0 Å². The normalized spacial score (nSPS) is 11.4. The van der Waals surface area contributed by atoms with Crippen LogP contribution in [0.4, 0.5) is 22.7 Å². The largest absolute Gasteiger partial charge is 2.00 e. The molecule has 0 spiro atoms. The third-order valence-electron chi connectivity index (χ3n) is 16.3. The Bertz CT molecular complexity index is 4590.